The van der Waals surface area contributed by atoms with Gasteiger partial charge in [-0.3, -0.25) is 0 Å². The van der Waals surface area contributed by atoms with Crippen LogP contribution in [0, 0.1) is 6.92 Å². The lowest BCUT2D eigenvalue weighted by Gasteiger charge is -2.13. The first-order valence-electron chi connectivity index (χ1n) is 5.30. The van der Waals surface area contributed by atoms with Crippen LogP contribution in [0.1, 0.15) is 23.2 Å². The first-order valence-corrected chi connectivity index (χ1v) is 6.06. The van der Waals surface area contributed by atoms with E-state index < -0.39 is 6.10 Å². The molecule has 18 heavy (non-hydrogen) atoms. The van der Waals surface area contributed by atoms with Gasteiger partial charge in [-0.15, -0.1) is 0 Å². The summed E-state index contributed by atoms with van der Waals surface area (Å²) < 4.78 is 10.4. The Morgan fingerprint density at radius 1 is 1.22 bits per heavy atom. The summed E-state index contributed by atoms with van der Waals surface area (Å²) in [5, 5.41) is 11.0. The number of benzene rings is 1. The standard InChI is InChI=1S/C13H12Cl2O3/c1-7-3-4-11(18-7)13(16)8-5-10(15)12(17-2)6-9(8)14/h3-6,13,16H,1-2H3. The van der Waals surface area contributed by atoms with E-state index in [9.17, 15) is 5.11 Å². The summed E-state index contributed by atoms with van der Waals surface area (Å²) in [5.74, 6) is 1.61. The number of halogens is 2. The summed E-state index contributed by atoms with van der Waals surface area (Å²) in [5.41, 5.74) is 0.483. The van der Waals surface area contributed by atoms with Crippen LogP contribution >= 0.6 is 23.2 Å². The molecule has 0 saturated heterocycles. The van der Waals surface area contributed by atoms with Gasteiger partial charge in [0.2, 0.25) is 0 Å². The average Bonchev–Trinajstić information content (AvgIpc) is 2.77. The SMILES string of the molecule is COc1cc(Cl)c(C(O)c2ccc(C)o2)cc1Cl. The summed E-state index contributed by atoms with van der Waals surface area (Å²) in [6.45, 7) is 1.80. The average molecular weight is 287 g/mol. The predicted molar refractivity (Wildman–Crippen MR) is 70.5 cm³/mol. The van der Waals surface area contributed by atoms with Crippen LogP contribution in [0.15, 0.2) is 28.7 Å². The molecule has 1 heterocycles. The number of aliphatic hydroxyl groups excluding tert-OH is 1. The van der Waals surface area contributed by atoms with Gasteiger partial charge in [0.25, 0.3) is 0 Å². The Hall–Kier alpha value is -1.16. The maximum Gasteiger partial charge on any atom is 0.138 e. The van der Waals surface area contributed by atoms with Crippen LogP contribution in [0.3, 0.4) is 0 Å². The van der Waals surface area contributed by atoms with Gasteiger partial charge in [-0.25, -0.2) is 0 Å². The van der Waals surface area contributed by atoms with Crippen molar-refractivity contribution in [1.29, 1.82) is 0 Å². The molecule has 1 unspecified atom stereocenters. The molecule has 0 radical (unpaired) electrons. The second kappa shape index (κ2) is 5.22. The molecule has 0 spiro atoms. The highest BCUT2D eigenvalue weighted by Crippen LogP contribution is 2.36. The Labute approximate surface area is 115 Å². The summed E-state index contributed by atoms with van der Waals surface area (Å²) in [6.07, 6.45) is -0.949. The van der Waals surface area contributed by atoms with Crippen molar-refractivity contribution in [2.24, 2.45) is 0 Å². The van der Waals surface area contributed by atoms with Crippen molar-refractivity contribution >= 4 is 23.2 Å². The van der Waals surface area contributed by atoms with Crippen molar-refractivity contribution in [2.75, 3.05) is 7.11 Å². The van der Waals surface area contributed by atoms with Crippen LogP contribution in [0.25, 0.3) is 0 Å². The fourth-order valence-electron chi connectivity index (χ4n) is 1.66. The lowest BCUT2D eigenvalue weighted by atomic mass is 10.1. The number of methoxy groups -OCH3 is 1. The Kier molecular flexibility index (Phi) is 3.85. The molecule has 0 aliphatic rings. The minimum Gasteiger partial charge on any atom is -0.495 e. The van der Waals surface area contributed by atoms with Crippen molar-refractivity contribution in [2.45, 2.75) is 13.0 Å². The molecular formula is C13H12Cl2O3. The highest BCUT2D eigenvalue weighted by atomic mass is 35.5. The van der Waals surface area contributed by atoms with Crippen LogP contribution in [0.2, 0.25) is 10.0 Å². The monoisotopic (exact) mass is 286 g/mol. The Morgan fingerprint density at radius 2 is 1.94 bits per heavy atom. The molecule has 0 aliphatic carbocycles. The van der Waals surface area contributed by atoms with E-state index in [-0.39, 0.29) is 0 Å². The minimum atomic E-state index is -0.949. The van der Waals surface area contributed by atoms with Crippen molar-refractivity contribution in [3.63, 3.8) is 0 Å². The summed E-state index contributed by atoms with van der Waals surface area (Å²) in [4.78, 5) is 0. The number of aryl methyl sites for hydroxylation is 1. The zero-order valence-electron chi connectivity index (χ0n) is 9.91. The van der Waals surface area contributed by atoms with Gasteiger partial charge in [-0.05, 0) is 25.1 Å². The number of rotatable bonds is 3. The second-order valence-electron chi connectivity index (χ2n) is 3.86. The highest BCUT2D eigenvalue weighted by Gasteiger charge is 2.19. The molecule has 1 N–H and O–H groups in total. The molecule has 2 rings (SSSR count). The molecule has 1 atom stereocenters. The Balaban J connectivity index is 2.42. The predicted octanol–water partition coefficient (Wildman–Crippen LogP) is 3.99. The van der Waals surface area contributed by atoms with E-state index in [0.717, 1.165) is 5.76 Å². The highest BCUT2D eigenvalue weighted by molar-refractivity contribution is 6.34. The maximum atomic E-state index is 10.2. The normalized spacial score (nSPS) is 12.5. The van der Waals surface area contributed by atoms with Crippen LogP contribution in [-0.2, 0) is 0 Å². The largest absolute Gasteiger partial charge is 0.495 e. The third-order valence-corrected chi connectivity index (χ3v) is 3.22. The molecule has 5 heteroatoms. The molecule has 2 aromatic rings. The first-order chi connectivity index (χ1) is 8.52. The van der Waals surface area contributed by atoms with E-state index in [0.29, 0.717) is 27.1 Å². The molecule has 1 aromatic carbocycles. The van der Waals surface area contributed by atoms with Gasteiger partial charge >= 0.3 is 0 Å². The number of hydrogen-bond donors (Lipinski definition) is 1. The molecule has 3 nitrogen and oxygen atoms in total. The van der Waals surface area contributed by atoms with Crippen LogP contribution in [0.5, 0.6) is 5.75 Å². The third-order valence-electron chi connectivity index (χ3n) is 2.60. The number of ether oxygens (including phenoxy) is 1. The Morgan fingerprint density at radius 3 is 2.50 bits per heavy atom. The van der Waals surface area contributed by atoms with Crippen molar-refractivity contribution in [1.82, 2.24) is 0 Å². The summed E-state index contributed by atoms with van der Waals surface area (Å²) >= 11 is 12.1. The molecule has 0 bridgehead atoms. The van der Waals surface area contributed by atoms with Gasteiger partial charge in [0, 0.05) is 11.6 Å². The van der Waals surface area contributed by atoms with Gasteiger partial charge in [-0.1, -0.05) is 23.2 Å². The summed E-state index contributed by atoms with van der Waals surface area (Å²) in [7, 11) is 1.50. The van der Waals surface area contributed by atoms with E-state index in [1.165, 1.54) is 7.11 Å². The van der Waals surface area contributed by atoms with Crippen LogP contribution in [-0.4, -0.2) is 12.2 Å². The summed E-state index contributed by atoms with van der Waals surface area (Å²) in [6, 6.07) is 6.62. The van der Waals surface area contributed by atoms with E-state index >= 15 is 0 Å². The van der Waals surface area contributed by atoms with Gasteiger partial charge in [0.1, 0.15) is 23.4 Å². The topological polar surface area (TPSA) is 42.6 Å². The zero-order chi connectivity index (χ0) is 13.3. The lowest BCUT2D eigenvalue weighted by molar-refractivity contribution is 0.187. The molecule has 0 amide bonds. The molecular weight excluding hydrogens is 275 g/mol. The number of hydrogen-bond acceptors (Lipinski definition) is 3. The van der Waals surface area contributed by atoms with Gasteiger partial charge < -0.3 is 14.3 Å². The molecule has 0 saturated carbocycles. The van der Waals surface area contributed by atoms with E-state index in [2.05, 4.69) is 0 Å². The fraction of sp³-hybridized carbons (Fsp3) is 0.231. The Bertz CT molecular complexity index is 563. The van der Waals surface area contributed by atoms with E-state index in [4.69, 9.17) is 32.4 Å². The molecule has 1 aromatic heterocycles. The smallest absolute Gasteiger partial charge is 0.138 e. The maximum absolute atomic E-state index is 10.2. The van der Waals surface area contributed by atoms with Crippen LogP contribution in [0.4, 0.5) is 0 Å². The fourth-order valence-corrected chi connectivity index (χ4v) is 2.17. The van der Waals surface area contributed by atoms with Gasteiger partial charge in [-0.2, -0.15) is 0 Å². The van der Waals surface area contributed by atoms with E-state index in [1.54, 1.807) is 31.2 Å². The molecule has 0 aliphatic heterocycles. The zero-order valence-corrected chi connectivity index (χ0v) is 11.4. The second-order valence-corrected chi connectivity index (χ2v) is 4.67. The number of aliphatic hydroxyl groups is 1. The molecule has 96 valence electrons. The van der Waals surface area contributed by atoms with E-state index in [1.807, 2.05) is 0 Å². The molecule has 0 fully saturated rings. The quantitative estimate of drug-likeness (QED) is 0.928. The van der Waals surface area contributed by atoms with Crippen molar-refractivity contribution < 1.29 is 14.3 Å². The first kappa shape index (κ1) is 13.3. The van der Waals surface area contributed by atoms with Crippen molar-refractivity contribution in [3.05, 3.63) is 51.4 Å². The van der Waals surface area contributed by atoms with Gasteiger partial charge in [0.15, 0.2) is 0 Å². The third kappa shape index (κ3) is 2.48. The van der Waals surface area contributed by atoms with Gasteiger partial charge in [0.05, 0.1) is 17.2 Å². The van der Waals surface area contributed by atoms with Crippen molar-refractivity contribution in [3.8, 4) is 5.75 Å². The minimum absolute atomic E-state index is 0.373. The van der Waals surface area contributed by atoms with Crippen LogP contribution < -0.4 is 4.74 Å². The lowest BCUT2D eigenvalue weighted by Crippen LogP contribution is -2.00. The number of furan rings is 1.